The second-order valence-corrected chi connectivity index (χ2v) is 11.4. The smallest absolute Gasteiger partial charge is 0.230 e. The Balaban J connectivity index is 0.00000158. The summed E-state index contributed by atoms with van der Waals surface area (Å²) < 4.78 is 2.69. The topological polar surface area (TPSA) is 75.4 Å². The highest BCUT2D eigenvalue weighted by Gasteiger charge is 2.36. The molecule has 0 spiro atoms. The molecular formula is C32H39BrN6O. The van der Waals surface area contributed by atoms with Crippen LogP contribution >= 0.6 is 15.9 Å². The molecule has 1 aliphatic heterocycles. The molecule has 1 aliphatic carbocycles. The van der Waals surface area contributed by atoms with Crippen molar-refractivity contribution in [3.8, 4) is 0 Å². The van der Waals surface area contributed by atoms with Gasteiger partial charge in [0.15, 0.2) is 5.65 Å². The molecule has 4 heterocycles. The first-order valence-corrected chi connectivity index (χ1v) is 15.5. The fraction of sp³-hybridized carbons (Fsp3) is 0.438. The van der Waals surface area contributed by atoms with Gasteiger partial charge >= 0.3 is 0 Å². The standard InChI is InChI=1S/C30H33BrN6O.C2H6/c31-25-19-34-37-27(33-18-21-8-6-14-32-17-21)16-26(35-29(25)37)24-13-7-15-36(20-24)30(38)28(23-11-4-5-12-23)22-9-2-1-3-10-22;1-2/h1-3,6,8-10,14,16-17,19,23-24,28,33H,4-5,7,11-13,15,18,20H2;1-2H3. The number of pyridine rings is 1. The number of halogens is 1. The van der Waals surface area contributed by atoms with Gasteiger partial charge in [0.25, 0.3) is 0 Å². The van der Waals surface area contributed by atoms with Crippen molar-refractivity contribution in [1.29, 1.82) is 0 Å². The molecular weight excluding hydrogens is 564 g/mol. The van der Waals surface area contributed by atoms with Crippen molar-refractivity contribution in [3.05, 3.63) is 88.4 Å². The van der Waals surface area contributed by atoms with E-state index in [0.717, 1.165) is 65.0 Å². The summed E-state index contributed by atoms with van der Waals surface area (Å²) in [6.45, 7) is 6.15. The van der Waals surface area contributed by atoms with E-state index in [2.05, 4.69) is 72.6 Å². The Morgan fingerprint density at radius 3 is 2.60 bits per heavy atom. The van der Waals surface area contributed by atoms with Crippen LogP contribution in [0.25, 0.3) is 5.65 Å². The first kappa shape index (κ1) is 28.3. The molecule has 8 heteroatoms. The van der Waals surface area contributed by atoms with Gasteiger partial charge in [0, 0.05) is 44.0 Å². The summed E-state index contributed by atoms with van der Waals surface area (Å²) in [7, 11) is 0. The van der Waals surface area contributed by atoms with Gasteiger partial charge in [-0.1, -0.05) is 63.1 Å². The molecule has 2 unspecified atom stereocenters. The molecule has 3 aromatic heterocycles. The number of anilines is 1. The van der Waals surface area contributed by atoms with E-state index in [1.54, 1.807) is 12.4 Å². The number of hydrogen-bond donors (Lipinski definition) is 1. The number of rotatable bonds is 7. The maximum absolute atomic E-state index is 14.1. The van der Waals surface area contributed by atoms with Gasteiger partial charge in [0.1, 0.15) is 5.82 Å². The fourth-order valence-electron chi connectivity index (χ4n) is 6.17. The molecule has 6 rings (SSSR count). The van der Waals surface area contributed by atoms with Gasteiger partial charge in [-0.2, -0.15) is 9.61 Å². The van der Waals surface area contributed by atoms with E-state index < -0.39 is 0 Å². The number of carbonyl (C=O) groups excluding carboxylic acids is 1. The van der Waals surface area contributed by atoms with Crippen molar-refractivity contribution in [2.45, 2.75) is 70.8 Å². The number of likely N-dealkylation sites (tertiary alicyclic amines) is 1. The molecule has 0 radical (unpaired) electrons. The number of carbonyl (C=O) groups is 1. The number of nitrogens with one attached hydrogen (secondary N) is 1. The largest absolute Gasteiger partial charge is 0.366 e. The number of amides is 1. The Morgan fingerprint density at radius 1 is 1.05 bits per heavy atom. The third kappa shape index (κ3) is 6.22. The average molecular weight is 604 g/mol. The number of fused-ring (bicyclic) bond motifs is 1. The quantitative estimate of drug-likeness (QED) is 0.242. The summed E-state index contributed by atoms with van der Waals surface area (Å²) in [4.78, 5) is 25.4. The van der Waals surface area contributed by atoms with Crippen molar-refractivity contribution < 1.29 is 4.79 Å². The molecule has 4 aromatic rings. The van der Waals surface area contributed by atoms with E-state index in [4.69, 9.17) is 4.98 Å². The predicted molar refractivity (Wildman–Crippen MR) is 163 cm³/mol. The van der Waals surface area contributed by atoms with Crippen molar-refractivity contribution in [2.75, 3.05) is 18.4 Å². The molecule has 2 aliphatic rings. The van der Waals surface area contributed by atoms with Crippen LogP contribution in [0.3, 0.4) is 0 Å². The van der Waals surface area contributed by atoms with Crippen LogP contribution in [-0.4, -0.2) is 43.5 Å². The summed E-state index contributed by atoms with van der Waals surface area (Å²) in [5.74, 6) is 1.74. The second-order valence-electron chi connectivity index (χ2n) is 10.6. The molecule has 1 saturated heterocycles. The van der Waals surface area contributed by atoms with Gasteiger partial charge in [-0.3, -0.25) is 9.78 Å². The summed E-state index contributed by atoms with van der Waals surface area (Å²) in [6, 6.07) is 16.5. The van der Waals surface area contributed by atoms with Crippen LogP contribution in [0, 0.1) is 5.92 Å². The maximum atomic E-state index is 14.1. The Bertz CT molecular complexity index is 1390. The van der Waals surface area contributed by atoms with E-state index >= 15 is 0 Å². The highest BCUT2D eigenvalue weighted by Crippen LogP contribution is 2.40. The lowest BCUT2D eigenvalue weighted by Crippen LogP contribution is -2.43. The van der Waals surface area contributed by atoms with Crippen LogP contribution in [0.5, 0.6) is 0 Å². The van der Waals surface area contributed by atoms with Crippen LogP contribution < -0.4 is 5.32 Å². The minimum absolute atomic E-state index is 0.0476. The predicted octanol–water partition coefficient (Wildman–Crippen LogP) is 7.21. The van der Waals surface area contributed by atoms with Crippen LogP contribution in [-0.2, 0) is 11.3 Å². The molecule has 1 amide bonds. The van der Waals surface area contributed by atoms with Gasteiger partial charge < -0.3 is 10.2 Å². The van der Waals surface area contributed by atoms with E-state index in [1.807, 2.05) is 36.7 Å². The Hall–Kier alpha value is -3.26. The molecule has 1 N–H and O–H groups in total. The van der Waals surface area contributed by atoms with Crippen LogP contribution in [0.2, 0.25) is 0 Å². The van der Waals surface area contributed by atoms with Crippen LogP contribution in [0.1, 0.15) is 81.0 Å². The molecule has 2 atom stereocenters. The van der Waals surface area contributed by atoms with Gasteiger partial charge in [-0.05, 0) is 64.7 Å². The normalized spacial score (nSPS) is 18.3. The fourth-order valence-corrected chi connectivity index (χ4v) is 6.52. The van der Waals surface area contributed by atoms with E-state index in [1.165, 1.54) is 12.8 Å². The number of benzene rings is 1. The highest BCUT2D eigenvalue weighted by molar-refractivity contribution is 9.10. The zero-order valence-corrected chi connectivity index (χ0v) is 25.1. The van der Waals surface area contributed by atoms with E-state index in [0.29, 0.717) is 19.0 Å². The van der Waals surface area contributed by atoms with Crippen LogP contribution in [0.15, 0.2) is 71.6 Å². The van der Waals surface area contributed by atoms with Gasteiger partial charge in [0.2, 0.25) is 5.91 Å². The lowest BCUT2D eigenvalue weighted by Gasteiger charge is -2.36. The first-order chi connectivity index (χ1) is 19.7. The van der Waals surface area contributed by atoms with Crippen molar-refractivity contribution in [1.82, 2.24) is 24.5 Å². The highest BCUT2D eigenvalue weighted by atomic mass is 79.9. The van der Waals surface area contributed by atoms with Gasteiger partial charge in [0.05, 0.1) is 22.3 Å². The average Bonchev–Trinajstić information content (AvgIpc) is 3.68. The summed E-state index contributed by atoms with van der Waals surface area (Å²) in [5.41, 5.74) is 4.05. The molecule has 40 heavy (non-hydrogen) atoms. The van der Waals surface area contributed by atoms with Crippen molar-refractivity contribution in [3.63, 3.8) is 0 Å². The minimum Gasteiger partial charge on any atom is -0.366 e. The summed E-state index contributed by atoms with van der Waals surface area (Å²) >= 11 is 3.62. The SMILES string of the molecule is CC.O=C(C(c1ccccc1)C1CCCC1)N1CCCC(c2cc(NCc3cccnc3)n3ncc(Br)c3n2)C1. The van der Waals surface area contributed by atoms with Gasteiger partial charge in [-0.15, -0.1) is 0 Å². The zero-order valence-electron chi connectivity index (χ0n) is 23.5. The Morgan fingerprint density at radius 2 is 1.85 bits per heavy atom. The second kappa shape index (κ2) is 13.4. The molecule has 0 bridgehead atoms. The summed E-state index contributed by atoms with van der Waals surface area (Å²) in [6.07, 6.45) is 12.2. The number of nitrogens with zero attached hydrogens (tertiary/aromatic N) is 5. The lowest BCUT2D eigenvalue weighted by atomic mass is 9.82. The Labute approximate surface area is 245 Å². The van der Waals surface area contributed by atoms with Crippen molar-refractivity contribution in [2.24, 2.45) is 5.92 Å². The van der Waals surface area contributed by atoms with Crippen molar-refractivity contribution >= 4 is 33.3 Å². The monoisotopic (exact) mass is 602 g/mol. The first-order valence-electron chi connectivity index (χ1n) is 14.7. The van der Waals surface area contributed by atoms with Gasteiger partial charge in [-0.25, -0.2) is 4.98 Å². The van der Waals surface area contributed by atoms with Crippen LogP contribution in [0.4, 0.5) is 5.82 Å². The lowest BCUT2D eigenvalue weighted by molar-refractivity contribution is -0.135. The number of hydrogen-bond acceptors (Lipinski definition) is 5. The summed E-state index contributed by atoms with van der Waals surface area (Å²) in [5, 5.41) is 8.05. The third-order valence-corrected chi connectivity index (χ3v) is 8.65. The molecule has 1 aromatic carbocycles. The molecule has 7 nitrogen and oxygen atoms in total. The van der Waals surface area contributed by atoms with E-state index in [-0.39, 0.29) is 17.7 Å². The molecule has 1 saturated carbocycles. The third-order valence-electron chi connectivity index (χ3n) is 8.09. The number of piperidine rings is 1. The Kier molecular flexibility index (Phi) is 9.47. The molecule has 2 fully saturated rings. The maximum Gasteiger partial charge on any atom is 0.230 e. The van der Waals surface area contributed by atoms with E-state index in [9.17, 15) is 4.79 Å². The number of aromatic nitrogens is 4. The molecule has 210 valence electrons. The minimum atomic E-state index is -0.0476. The zero-order chi connectivity index (χ0) is 27.9.